The van der Waals surface area contributed by atoms with E-state index >= 15 is 0 Å². The molecule has 0 unspecified atom stereocenters. The number of nitrogen functional groups attached to an aromatic ring is 1. The first-order valence-corrected chi connectivity index (χ1v) is 12.3. The van der Waals surface area contributed by atoms with Crippen LogP contribution in [0.1, 0.15) is 59.2 Å². The lowest BCUT2D eigenvalue weighted by atomic mass is 9.89. The number of aromatic nitrogens is 4. The van der Waals surface area contributed by atoms with Gasteiger partial charge in [-0.25, -0.2) is 20.2 Å². The zero-order valence-corrected chi connectivity index (χ0v) is 21.9. The number of nitrogens with zero attached hydrogens (tertiary/aromatic N) is 6. The highest BCUT2D eigenvalue weighted by Crippen LogP contribution is 2.34. The minimum atomic E-state index is -0.909. The molecule has 2 atom stereocenters. The molecule has 2 aromatic heterocycles. The third-order valence-corrected chi connectivity index (χ3v) is 6.73. The van der Waals surface area contributed by atoms with Gasteiger partial charge in [0.2, 0.25) is 5.95 Å². The molecule has 4 rings (SSSR count). The molecule has 3 aromatic rings. The van der Waals surface area contributed by atoms with E-state index < -0.39 is 11.4 Å². The minimum absolute atomic E-state index is 0.0426. The molecule has 0 saturated carbocycles. The molecule has 0 aliphatic carbocycles. The number of likely N-dealkylation sites (tertiary alicyclic amines) is 1. The van der Waals surface area contributed by atoms with Crippen molar-refractivity contribution in [1.29, 1.82) is 0 Å². The van der Waals surface area contributed by atoms with Gasteiger partial charge in [-0.2, -0.15) is 4.52 Å². The number of hydrazine groups is 1. The molecule has 5 N–H and O–H groups in total. The summed E-state index contributed by atoms with van der Waals surface area (Å²) < 4.78 is 21.1. The highest BCUT2D eigenvalue weighted by atomic mass is 19.1. The smallest absolute Gasteiger partial charge is 0.223 e. The van der Waals surface area contributed by atoms with Crippen molar-refractivity contribution in [2.24, 2.45) is 11.8 Å². The minimum Gasteiger partial charge on any atom is -0.494 e. The van der Waals surface area contributed by atoms with Crippen LogP contribution in [0.5, 0.6) is 5.75 Å². The van der Waals surface area contributed by atoms with Crippen LogP contribution in [0, 0.1) is 11.7 Å². The summed E-state index contributed by atoms with van der Waals surface area (Å²) in [6.07, 6.45) is 1.71. The zero-order valence-electron chi connectivity index (χ0n) is 21.9. The van der Waals surface area contributed by atoms with Gasteiger partial charge in [0.15, 0.2) is 23.0 Å². The van der Waals surface area contributed by atoms with Gasteiger partial charge in [0.05, 0.1) is 24.8 Å². The quantitative estimate of drug-likeness (QED) is 0.331. The number of hydrogen-bond acceptors (Lipinski definition) is 9. The van der Waals surface area contributed by atoms with Gasteiger partial charge in [0.1, 0.15) is 0 Å². The van der Waals surface area contributed by atoms with Crippen molar-refractivity contribution in [3.63, 3.8) is 0 Å². The van der Waals surface area contributed by atoms with Gasteiger partial charge in [-0.1, -0.05) is 13.8 Å². The summed E-state index contributed by atoms with van der Waals surface area (Å²) in [5, 5.41) is 17.1. The first-order valence-electron chi connectivity index (χ1n) is 12.3. The Balaban J connectivity index is 1.71. The maximum absolute atomic E-state index is 14.5. The van der Waals surface area contributed by atoms with Gasteiger partial charge in [0.25, 0.3) is 0 Å². The standard InChI is InChI=1S/C25H37FN8O2/c1-7-20(15(3)33(28)13-25(4,5)35)32-11-14(2)8-16(12-32)22-30-23-17-9-18(26)21(36-6)10-19(17)29-24(27)34(23)31-22/h9-10,14,16,35H,7-8,11-13,28H2,1-6H3,(H2,27,29)/b20-15+/t14-,16+/m0/s1. The van der Waals surface area contributed by atoms with E-state index in [-0.39, 0.29) is 17.6 Å². The van der Waals surface area contributed by atoms with Crippen molar-refractivity contribution in [1.82, 2.24) is 29.5 Å². The van der Waals surface area contributed by atoms with Gasteiger partial charge < -0.3 is 25.5 Å². The molecule has 1 aliphatic rings. The van der Waals surface area contributed by atoms with Gasteiger partial charge in [0, 0.05) is 41.9 Å². The molecule has 0 amide bonds. The number of rotatable bonds is 7. The predicted octanol–water partition coefficient (Wildman–Crippen LogP) is 3.02. The molecule has 3 heterocycles. The van der Waals surface area contributed by atoms with E-state index in [2.05, 4.69) is 23.7 Å². The second-order valence-electron chi connectivity index (χ2n) is 10.4. The molecule has 1 aromatic carbocycles. The SMILES string of the molecule is CC/C(=C(/C)N(N)CC(C)(C)O)N1C[C@@H](C)C[C@@H](c2nc3c4cc(F)c(OC)cc4nc(N)n3n2)C1. The topological polar surface area (TPSA) is 131 Å². The first-order chi connectivity index (χ1) is 16.9. The molecular weight excluding hydrogens is 463 g/mol. The molecule has 0 spiro atoms. The molecule has 1 aliphatic heterocycles. The molecule has 10 nitrogen and oxygen atoms in total. The van der Waals surface area contributed by atoms with Crippen LogP contribution in [-0.4, -0.2) is 66.9 Å². The number of hydrogen-bond donors (Lipinski definition) is 3. The Kier molecular flexibility index (Phi) is 6.98. The highest BCUT2D eigenvalue weighted by molar-refractivity contribution is 5.93. The second kappa shape index (κ2) is 9.70. The fourth-order valence-corrected chi connectivity index (χ4v) is 5.14. The fraction of sp³-hybridized carbons (Fsp3) is 0.560. The number of anilines is 1. The Hall–Kier alpha value is -3.18. The number of aliphatic hydroxyl groups is 1. The lowest BCUT2D eigenvalue weighted by molar-refractivity contribution is 0.0452. The van der Waals surface area contributed by atoms with Crippen LogP contribution < -0.4 is 16.3 Å². The summed E-state index contributed by atoms with van der Waals surface area (Å²) in [6, 6.07) is 2.89. The summed E-state index contributed by atoms with van der Waals surface area (Å²) in [7, 11) is 1.41. The molecule has 36 heavy (non-hydrogen) atoms. The molecule has 1 fully saturated rings. The monoisotopic (exact) mass is 500 g/mol. The number of fused-ring (bicyclic) bond motifs is 3. The number of halogens is 1. The summed E-state index contributed by atoms with van der Waals surface area (Å²) in [5.74, 6) is 7.19. The summed E-state index contributed by atoms with van der Waals surface area (Å²) in [5.41, 5.74) is 8.32. The van der Waals surface area contributed by atoms with Gasteiger partial charge in [-0.05, 0) is 45.6 Å². The van der Waals surface area contributed by atoms with E-state index in [0.29, 0.717) is 41.4 Å². The third kappa shape index (κ3) is 5.03. The summed E-state index contributed by atoms with van der Waals surface area (Å²) in [6.45, 7) is 11.7. The Bertz CT molecular complexity index is 1300. The van der Waals surface area contributed by atoms with E-state index in [1.54, 1.807) is 18.9 Å². The average Bonchev–Trinajstić information content (AvgIpc) is 3.25. The van der Waals surface area contributed by atoms with E-state index in [1.165, 1.54) is 23.8 Å². The summed E-state index contributed by atoms with van der Waals surface area (Å²) >= 11 is 0. The Morgan fingerprint density at radius 1 is 1.31 bits per heavy atom. The van der Waals surface area contributed by atoms with E-state index in [0.717, 1.165) is 30.8 Å². The first kappa shape index (κ1) is 25.9. The van der Waals surface area contributed by atoms with Crippen LogP contribution in [0.25, 0.3) is 16.6 Å². The highest BCUT2D eigenvalue weighted by Gasteiger charge is 2.31. The average molecular weight is 501 g/mol. The van der Waals surface area contributed by atoms with Crippen molar-refractivity contribution >= 4 is 22.5 Å². The maximum atomic E-state index is 14.5. The van der Waals surface area contributed by atoms with E-state index in [4.69, 9.17) is 26.4 Å². The lowest BCUT2D eigenvalue weighted by Crippen LogP contribution is -2.44. The number of allylic oxidation sites excluding steroid dienone is 2. The van der Waals surface area contributed by atoms with E-state index in [9.17, 15) is 9.50 Å². The maximum Gasteiger partial charge on any atom is 0.223 e. The van der Waals surface area contributed by atoms with Crippen molar-refractivity contribution in [3.8, 4) is 5.75 Å². The second-order valence-corrected chi connectivity index (χ2v) is 10.4. The van der Waals surface area contributed by atoms with Crippen molar-refractivity contribution in [2.45, 2.75) is 59.0 Å². The van der Waals surface area contributed by atoms with Gasteiger partial charge in [-0.15, -0.1) is 5.10 Å². The summed E-state index contributed by atoms with van der Waals surface area (Å²) in [4.78, 5) is 11.5. The third-order valence-electron chi connectivity index (χ3n) is 6.73. The molecule has 196 valence electrons. The Morgan fingerprint density at radius 3 is 2.67 bits per heavy atom. The molecule has 1 saturated heterocycles. The largest absolute Gasteiger partial charge is 0.494 e. The van der Waals surface area contributed by atoms with Crippen LogP contribution in [0.3, 0.4) is 0 Å². The molecular formula is C25H37FN8O2. The normalized spacial score (nSPS) is 19.6. The number of methoxy groups -OCH3 is 1. The predicted molar refractivity (Wildman–Crippen MR) is 137 cm³/mol. The number of ether oxygens (including phenoxy) is 1. The molecule has 0 radical (unpaired) electrons. The van der Waals surface area contributed by atoms with E-state index in [1.807, 2.05) is 6.92 Å². The number of benzene rings is 1. The van der Waals surface area contributed by atoms with Crippen LogP contribution in [-0.2, 0) is 0 Å². The van der Waals surface area contributed by atoms with Crippen LogP contribution >= 0.6 is 0 Å². The van der Waals surface area contributed by atoms with Crippen LogP contribution in [0.15, 0.2) is 23.5 Å². The molecule has 0 bridgehead atoms. The number of nitrogens with two attached hydrogens (primary N) is 2. The van der Waals surface area contributed by atoms with Gasteiger partial charge in [-0.3, -0.25) is 0 Å². The van der Waals surface area contributed by atoms with Crippen LogP contribution in [0.4, 0.5) is 10.3 Å². The Labute approximate surface area is 210 Å². The number of piperidine rings is 1. The molecule has 11 heteroatoms. The van der Waals surface area contributed by atoms with Gasteiger partial charge >= 0.3 is 0 Å². The van der Waals surface area contributed by atoms with Crippen molar-refractivity contribution in [2.75, 3.05) is 32.5 Å². The zero-order chi connectivity index (χ0) is 26.4. The Morgan fingerprint density at radius 2 is 2.03 bits per heavy atom. The lowest BCUT2D eigenvalue weighted by Gasteiger charge is -2.40. The van der Waals surface area contributed by atoms with Crippen LogP contribution in [0.2, 0.25) is 0 Å². The fourth-order valence-electron chi connectivity index (χ4n) is 5.14. The van der Waals surface area contributed by atoms with Crippen molar-refractivity contribution < 1.29 is 14.2 Å². The van der Waals surface area contributed by atoms with Crippen molar-refractivity contribution in [3.05, 3.63) is 35.2 Å².